The van der Waals surface area contributed by atoms with Gasteiger partial charge in [-0.3, -0.25) is 0 Å². The summed E-state index contributed by atoms with van der Waals surface area (Å²) in [6.07, 6.45) is 0. The number of anilines is 1. The minimum Gasteiger partial charge on any atom is -0.495 e. The summed E-state index contributed by atoms with van der Waals surface area (Å²) in [5, 5.41) is 3.87. The van der Waals surface area contributed by atoms with E-state index in [1.165, 1.54) is 6.07 Å². The molecule has 0 radical (unpaired) electrons. The van der Waals surface area contributed by atoms with E-state index in [1.54, 1.807) is 25.3 Å². The number of ether oxygens (including phenoxy) is 1. The topological polar surface area (TPSA) is 21.3 Å². The van der Waals surface area contributed by atoms with Crippen molar-refractivity contribution in [3.05, 3.63) is 57.3 Å². The van der Waals surface area contributed by atoms with Crippen molar-refractivity contribution < 1.29 is 9.13 Å². The molecule has 0 spiro atoms. The van der Waals surface area contributed by atoms with Crippen molar-refractivity contribution in [1.29, 1.82) is 0 Å². The molecular formula is C15H14Cl2FNO. The van der Waals surface area contributed by atoms with Crippen LogP contribution in [0.3, 0.4) is 0 Å². The second kappa shape index (κ2) is 6.33. The molecule has 5 heteroatoms. The SMILES string of the molecule is COc1cc(Cl)c(C)cc1NCc1cccc(Cl)c1F. The highest BCUT2D eigenvalue weighted by atomic mass is 35.5. The maximum absolute atomic E-state index is 13.8. The number of hydrogen-bond acceptors (Lipinski definition) is 2. The summed E-state index contributed by atoms with van der Waals surface area (Å²) in [7, 11) is 1.56. The van der Waals surface area contributed by atoms with Crippen molar-refractivity contribution in [3.8, 4) is 5.75 Å². The van der Waals surface area contributed by atoms with Crippen LogP contribution in [0, 0.1) is 12.7 Å². The average Bonchev–Trinajstić information content (AvgIpc) is 2.43. The first-order chi connectivity index (χ1) is 9.52. The van der Waals surface area contributed by atoms with Gasteiger partial charge >= 0.3 is 0 Å². The van der Waals surface area contributed by atoms with Gasteiger partial charge < -0.3 is 10.1 Å². The second-order valence-electron chi connectivity index (χ2n) is 4.37. The molecule has 1 N–H and O–H groups in total. The van der Waals surface area contributed by atoms with Crippen molar-refractivity contribution >= 4 is 28.9 Å². The summed E-state index contributed by atoms with van der Waals surface area (Å²) in [4.78, 5) is 0. The van der Waals surface area contributed by atoms with E-state index in [0.29, 0.717) is 22.9 Å². The molecule has 2 aromatic rings. The number of methoxy groups -OCH3 is 1. The number of benzene rings is 2. The van der Waals surface area contributed by atoms with Crippen LogP contribution in [0.25, 0.3) is 0 Å². The molecule has 0 amide bonds. The largest absolute Gasteiger partial charge is 0.495 e. The Bertz CT molecular complexity index is 632. The van der Waals surface area contributed by atoms with E-state index in [0.717, 1.165) is 11.3 Å². The first-order valence-electron chi connectivity index (χ1n) is 6.04. The third kappa shape index (κ3) is 3.17. The van der Waals surface area contributed by atoms with Crippen molar-refractivity contribution in [2.75, 3.05) is 12.4 Å². The van der Waals surface area contributed by atoms with Gasteiger partial charge in [0.25, 0.3) is 0 Å². The maximum Gasteiger partial charge on any atom is 0.146 e. The predicted octanol–water partition coefficient (Wildman–Crippen LogP) is 5.06. The zero-order chi connectivity index (χ0) is 14.7. The zero-order valence-corrected chi connectivity index (χ0v) is 12.6. The molecule has 2 nitrogen and oxygen atoms in total. The van der Waals surface area contributed by atoms with Gasteiger partial charge in [-0.1, -0.05) is 35.3 Å². The van der Waals surface area contributed by atoms with Gasteiger partial charge in [-0.15, -0.1) is 0 Å². The Kier molecular flexibility index (Phi) is 4.73. The summed E-state index contributed by atoms with van der Waals surface area (Å²) in [5.74, 6) is 0.203. The fourth-order valence-electron chi connectivity index (χ4n) is 1.85. The van der Waals surface area contributed by atoms with Crippen LogP contribution in [0.5, 0.6) is 5.75 Å². The molecule has 0 aromatic heterocycles. The van der Waals surface area contributed by atoms with Gasteiger partial charge in [-0.2, -0.15) is 0 Å². The third-order valence-corrected chi connectivity index (χ3v) is 3.68. The molecule has 0 fully saturated rings. The van der Waals surface area contributed by atoms with Gasteiger partial charge in [0.1, 0.15) is 11.6 Å². The molecule has 0 saturated carbocycles. The molecule has 20 heavy (non-hydrogen) atoms. The number of nitrogens with one attached hydrogen (secondary N) is 1. The van der Waals surface area contributed by atoms with Crippen LogP contribution in [-0.4, -0.2) is 7.11 Å². The molecular weight excluding hydrogens is 300 g/mol. The molecule has 0 saturated heterocycles. The molecule has 0 unspecified atom stereocenters. The van der Waals surface area contributed by atoms with Gasteiger partial charge in [-0.25, -0.2) is 4.39 Å². The second-order valence-corrected chi connectivity index (χ2v) is 5.18. The summed E-state index contributed by atoms with van der Waals surface area (Å²) in [5.41, 5.74) is 2.17. The highest BCUT2D eigenvalue weighted by Crippen LogP contribution is 2.31. The predicted molar refractivity (Wildman–Crippen MR) is 81.5 cm³/mol. The Hall–Kier alpha value is -1.45. The molecule has 0 atom stereocenters. The quantitative estimate of drug-likeness (QED) is 0.851. The van der Waals surface area contributed by atoms with Crippen LogP contribution in [0.4, 0.5) is 10.1 Å². The van der Waals surface area contributed by atoms with Crippen LogP contribution in [0.2, 0.25) is 10.0 Å². The van der Waals surface area contributed by atoms with Gasteiger partial charge in [0, 0.05) is 23.2 Å². The van der Waals surface area contributed by atoms with E-state index >= 15 is 0 Å². The minimum absolute atomic E-state index is 0.114. The van der Waals surface area contributed by atoms with E-state index in [9.17, 15) is 4.39 Å². The van der Waals surface area contributed by atoms with Crippen LogP contribution in [-0.2, 0) is 6.54 Å². The zero-order valence-electron chi connectivity index (χ0n) is 11.1. The van der Waals surface area contributed by atoms with Crippen molar-refractivity contribution in [1.82, 2.24) is 0 Å². The molecule has 0 heterocycles. The van der Waals surface area contributed by atoms with Crippen LogP contribution in [0.1, 0.15) is 11.1 Å². The smallest absolute Gasteiger partial charge is 0.146 e. The molecule has 2 rings (SSSR count). The lowest BCUT2D eigenvalue weighted by Gasteiger charge is -2.13. The van der Waals surface area contributed by atoms with Crippen LogP contribution >= 0.6 is 23.2 Å². The number of hydrogen-bond donors (Lipinski definition) is 1. The average molecular weight is 314 g/mol. The van der Waals surface area contributed by atoms with Gasteiger partial charge in [0.2, 0.25) is 0 Å². The molecule has 0 aliphatic heterocycles. The normalized spacial score (nSPS) is 10.4. The summed E-state index contributed by atoms with van der Waals surface area (Å²) in [6.45, 7) is 2.21. The first kappa shape index (κ1) is 14.9. The van der Waals surface area contributed by atoms with E-state index in [1.807, 2.05) is 13.0 Å². The standard InChI is InChI=1S/C15H14Cl2FNO/c1-9-6-13(14(20-2)7-12(9)17)19-8-10-4-3-5-11(16)15(10)18/h3-7,19H,8H2,1-2H3. The Balaban J connectivity index is 2.22. The summed E-state index contributed by atoms with van der Waals surface area (Å²) in [6, 6.07) is 8.51. The molecule has 106 valence electrons. The Morgan fingerprint density at radius 1 is 1.20 bits per heavy atom. The third-order valence-electron chi connectivity index (χ3n) is 2.98. The fraction of sp³-hybridized carbons (Fsp3) is 0.200. The van der Waals surface area contributed by atoms with E-state index in [-0.39, 0.29) is 5.02 Å². The Morgan fingerprint density at radius 3 is 2.65 bits per heavy atom. The van der Waals surface area contributed by atoms with Gasteiger partial charge in [0.15, 0.2) is 0 Å². The van der Waals surface area contributed by atoms with Crippen LogP contribution < -0.4 is 10.1 Å². The summed E-state index contributed by atoms with van der Waals surface area (Å²) >= 11 is 11.8. The van der Waals surface area contributed by atoms with E-state index < -0.39 is 5.82 Å². The minimum atomic E-state index is -0.411. The van der Waals surface area contributed by atoms with E-state index in [2.05, 4.69) is 5.32 Å². The van der Waals surface area contributed by atoms with Crippen LogP contribution in [0.15, 0.2) is 30.3 Å². The molecule has 0 bridgehead atoms. The monoisotopic (exact) mass is 313 g/mol. The number of aryl methyl sites for hydroxylation is 1. The lowest BCUT2D eigenvalue weighted by atomic mass is 10.1. The Labute approximate surface area is 127 Å². The summed E-state index contributed by atoms with van der Waals surface area (Å²) < 4.78 is 19.1. The fourth-order valence-corrected chi connectivity index (χ4v) is 2.19. The maximum atomic E-state index is 13.8. The first-order valence-corrected chi connectivity index (χ1v) is 6.79. The van der Waals surface area contributed by atoms with Crippen molar-refractivity contribution in [2.24, 2.45) is 0 Å². The number of halogens is 3. The lowest BCUT2D eigenvalue weighted by molar-refractivity contribution is 0.416. The lowest BCUT2D eigenvalue weighted by Crippen LogP contribution is -2.04. The highest BCUT2D eigenvalue weighted by Gasteiger charge is 2.09. The molecule has 0 aliphatic carbocycles. The molecule has 2 aromatic carbocycles. The van der Waals surface area contributed by atoms with Gasteiger partial charge in [-0.05, 0) is 24.6 Å². The Morgan fingerprint density at radius 2 is 1.95 bits per heavy atom. The van der Waals surface area contributed by atoms with Gasteiger partial charge in [0.05, 0.1) is 17.8 Å². The van der Waals surface area contributed by atoms with Crippen molar-refractivity contribution in [3.63, 3.8) is 0 Å². The number of rotatable bonds is 4. The molecule has 0 aliphatic rings. The highest BCUT2D eigenvalue weighted by molar-refractivity contribution is 6.31. The van der Waals surface area contributed by atoms with Crippen molar-refractivity contribution in [2.45, 2.75) is 13.5 Å². The van der Waals surface area contributed by atoms with E-state index in [4.69, 9.17) is 27.9 Å².